The van der Waals surface area contributed by atoms with Crippen LogP contribution in [0.2, 0.25) is 0 Å². The van der Waals surface area contributed by atoms with Gasteiger partial charge in [0.1, 0.15) is 0 Å². The molecule has 1 N–H and O–H groups in total. The summed E-state index contributed by atoms with van der Waals surface area (Å²) in [6, 6.07) is 15.9. The number of aryl methyl sites for hydroxylation is 1. The van der Waals surface area contributed by atoms with Crippen LogP contribution in [0.3, 0.4) is 0 Å². The van der Waals surface area contributed by atoms with E-state index >= 15 is 0 Å². The zero-order valence-corrected chi connectivity index (χ0v) is 20.1. The molecule has 0 bridgehead atoms. The second kappa shape index (κ2) is 10.5. The molecule has 0 spiro atoms. The number of carbonyl (C=O) groups excluding carboxylic acids is 1. The lowest BCUT2D eigenvalue weighted by Gasteiger charge is -2.38. The standard InChI is InChI=1S/C25H34N2O4S/c1-20-9-7-12-23(21(20)2)27(32(3,29)30)16-8-13-24(28)26-19-25(14-17-31-18-15-25)22-10-5-4-6-11-22/h4-7,9-12H,8,13-19H2,1-3H3,(H,26,28). The second-order valence-electron chi connectivity index (χ2n) is 8.69. The topological polar surface area (TPSA) is 75.7 Å². The molecule has 0 aromatic heterocycles. The van der Waals surface area contributed by atoms with Gasteiger partial charge in [0.15, 0.2) is 0 Å². The van der Waals surface area contributed by atoms with E-state index in [9.17, 15) is 13.2 Å². The van der Waals surface area contributed by atoms with Crippen molar-refractivity contribution in [2.45, 2.75) is 44.9 Å². The first-order valence-corrected chi connectivity index (χ1v) is 13.0. The van der Waals surface area contributed by atoms with Crippen LogP contribution >= 0.6 is 0 Å². The molecule has 1 aliphatic heterocycles. The number of hydrogen-bond acceptors (Lipinski definition) is 4. The van der Waals surface area contributed by atoms with Gasteiger partial charge in [0, 0.05) is 38.1 Å². The first-order valence-electron chi connectivity index (χ1n) is 11.2. The van der Waals surface area contributed by atoms with Crippen LogP contribution in [-0.2, 0) is 25.0 Å². The number of benzene rings is 2. The van der Waals surface area contributed by atoms with Gasteiger partial charge in [-0.25, -0.2) is 8.42 Å². The normalized spacial score (nSPS) is 15.8. The van der Waals surface area contributed by atoms with Gasteiger partial charge in [-0.3, -0.25) is 9.10 Å². The molecule has 32 heavy (non-hydrogen) atoms. The van der Waals surface area contributed by atoms with E-state index in [0.717, 1.165) is 24.0 Å². The lowest BCUT2D eigenvalue weighted by atomic mass is 9.74. The number of amides is 1. The van der Waals surface area contributed by atoms with Crippen LogP contribution in [-0.4, -0.2) is 46.9 Å². The summed E-state index contributed by atoms with van der Waals surface area (Å²) < 4.78 is 31.8. The Bertz CT molecular complexity index is 1020. The largest absolute Gasteiger partial charge is 0.381 e. The van der Waals surface area contributed by atoms with Crippen molar-refractivity contribution in [3.05, 3.63) is 65.2 Å². The summed E-state index contributed by atoms with van der Waals surface area (Å²) in [5.41, 5.74) is 3.76. The van der Waals surface area contributed by atoms with Gasteiger partial charge in [-0.2, -0.15) is 0 Å². The van der Waals surface area contributed by atoms with Crippen molar-refractivity contribution in [3.8, 4) is 0 Å². The summed E-state index contributed by atoms with van der Waals surface area (Å²) in [5.74, 6) is -0.0544. The molecule has 6 nitrogen and oxygen atoms in total. The number of ether oxygens (including phenoxy) is 1. The van der Waals surface area contributed by atoms with Crippen molar-refractivity contribution in [1.82, 2.24) is 5.32 Å². The summed E-state index contributed by atoms with van der Waals surface area (Å²) in [5, 5.41) is 3.10. The highest BCUT2D eigenvalue weighted by atomic mass is 32.2. The van der Waals surface area contributed by atoms with Crippen LogP contribution < -0.4 is 9.62 Å². The molecule has 0 saturated carbocycles. The first-order chi connectivity index (χ1) is 15.2. The number of anilines is 1. The molecule has 2 aromatic rings. The van der Waals surface area contributed by atoms with Gasteiger partial charge >= 0.3 is 0 Å². The van der Waals surface area contributed by atoms with E-state index in [1.54, 1.807) is 0 Å². The van der Waals surface area contributed by atoms with Crippen LogP contribution in [0.15, 0.2) is 48.5 Å². The Balaban J connectivity index is 1.60. The molecular weight excluding hydrogens is 424 g/mol. The average Bonchev–Trinajstić information content (AvgIpc) is 2.78. The zero-order chi connectivity index (χ0) is 23.2. The molecule has 1 amide bonds. The number of carbonyl (C=O) groups is 1. The Labute approximate surface area is 192 Å². The van der Waals surface area contributed by atoms with Crippen molar-refractivity contribution in [3.63, 3.8) is 0 Å². The Hall–Kier alpha value is -2.38. The van der Waals surface area contributed by atoms with E-state index < -0.39 is 10.0 Å². The molecule has 1 heterocycles. The smallest absolute Gasteiger partial charge is 0.232 e. The van der Waals surface area contributed by atoms with Crippen molar-refractivity contribution >= 4 is 21.6 Å². The first kappa shape index (κ1) is 24.3. The van der Waals surface area contributed by atoms with Gasteiger partial charge in [0.25, 0.3) is 0 Å². The molecule has 2 aromatic carbocycles. The monoisotopic (exact) mass is 458 g/mol. The van der Waals surface area contributed by atoms with Crippen molar-refractivity contribution in [1.29, 1.82) is 0 Å². The third kappa shape index (κ3) is 5.90. The van der Waals surface area contributed by atoms with Gasteiger partial charge in [0.05, 0.1) is 11.9 Å². The van der Waals surface area contributed by atoms with Crippen LogP contribution in [0.5, 0.6) is 0 Å². The fraction of sp³-hybridized carbons (Fsp3) is 0.480. The van der Waals surface area contributed by atoms with Crippen LogP contribution in [0.1, 0.15) is 42.4 Å². The number of nitrogens with one attached hydrogen (secondary N) is 1. The fourth-order valence-electron chi connectivity index (χ4n) is 4.33. The molecule has 1 fully saturated rings. The second-order valence-corrected chi connectivity index (χ2v) is 10.6. The highest BCUT2D eigenvalue weighted by Crippen LogP contribution is 2.34. The van der Waals surface area contributed by atoms with Gasteiger partial charge in [-0.1, -0.05) is 42.5 Å². The van der Waals surface area contributed by atoms with Gasteiger partial charge in [-0.05, 0) is 55.9 Å². The molecule has 3 rings (SSSR count). The Morgan fingerprint density at radius 3 is 2.41 bits per heavy atom. The molecular formula is C25H34N2O4S. The minimum atomic E-state index is -3.44. The summed E-state index contributed by atoms with van der Waals surface area (Å²) in [7, 11) is -3.44. The predicted octanol–water partition coefficient (Wildman–Crippen LogP) is 3.71. The zero-order valence-electron chi connectivity index (χ0n) is 19.3. The predicted molar refractivity (Wildman–Crippen MR) is 129 cm³/mol. The van der Waals surface area contributed by atoms with Crippen LogP contribution in [0.4, 0.5) is 5.69 Å². The van der Waals surface area contributed by atoms with E-state index in [-0.39, 0.29) is 24.3 Å². The number of hydrogen-bond donors (Lipinski definition) is 1. The molecule has 7 heteroatoms. The maximum atomic E-state index is 12.6. The molecule has 0 atom stereocenters. The Kier molecular flexibility index (Phi) is 7.96. The molecule has 0 aliphatic carbocycles. The minimum Gasteiger partial charge on any atom is -0.381 e. The number of nitrogens with zero attached hydrogens (tertiary/aromatic N) is 1. The fourth-order valence-corrected chi connectivity index (χ4v) is 5.35. The summed E-state index contributed by atoms with van der Waals surface area (Å²) in [4.78, 5) is 12.6. The lowest BCUT2D eigenvalue weighted by molar-refractivity contribution is -0.121. The highest BCUT2D eigenvalue weighted by Gasteiger charge is 2.34. The highest BCUT2D eigenvalue weighted by molar-refractivity contribution is 7.92. The van der Waals surface area contributed by atoms with Gasteiger partial charge in [-0.15, -0.1) is 0 Å². The molecule has 1 aliphatic rings. The average molecular weight is 459 g/mol. The van der Waals surface area contributed by atoms with Crippen LogP contribution in [0, 0.1) is 13.8 Å². The maximum absolute atomic E-state index is 12.6. The summed E-state index contributed by atoms with van der Waals surface area (Å²) in [6.07, 6.45) is 3.67. The van der Waals surface area contributed by atoms with E-state index in [1.807, 2.05) is 50.2 Å². The third-order valence-electron chi connectivity index (χ3n) is 6.47. The Morgan fingerprint density at radius 1 is 1.06 bits per heavy atom. The van der Waals surface area contributed by atoms with Crippen molar-refractivity contribution in [2.24, 2.45) is 0 Å². The van der Waals surface area contributed by atoms with E-state index in [1.165, 1.54) is 16.1 Å². The van der Waals surface area contributed by atoms with E-state index in [0.29, 0.717) is 31.9 Å². The van der Waals surface area contributed by atoms with Crippen molar-refractivity contribution < 1.29 is 17.9 Å². The quantitative estimate of drug-likeness (QED) is 0.622. The van der Waals surface area contributed by atoms with E-state index in [4.69, 9.17) is 4.74 Å². The van der Waals surface area contributed by atoms with Gasteiger partial charge < -0.3 is 10.1 Å². The summed E-state index contributed by atoms with van der Waals surface area (Å²) in [6.45, 7) is 6.09. The SMILES string of the molecule is Cc1cccc(N(CCCC(=O)NCC2(c3ccccc3)CCOCC2)S(C)(=O)=O)c1C. The lowest BCUT2D eigenvalue weighted by Crippen LogP contribution is -2.44. The van der Waals surface area contributed by atoms with Gasteiger partial charge in [0.2, 0.25) is 15.9 Å². The molecule has 1 saturated heterocycles. The molecule has 0 radical (unpaired) electrons. The van der Waals surface area contributed by atoms with E-state index in [2.05, 4.69) is 17.4 Å². The molecule has 174 valence electrons. The number of sulfonamides is 1. The van der Waals surface area contributed by atoms with Crippen molar-refractivity contribution in [2.75, 3.05) is 36.9 Å². The van der Waals surface area contributed by atoms with Crippen LogP contribution in [0.25, 0.3) is 0 Å². The Morgan fingerprint density at radius 2 is 1.75 bits per heavy atom. The number of rotatable bonds is 9. The summed E-state index contributed by atoms with van der Waals surface area (Å²) >= 11 is 0. The minimum absolute atomic E-state index is 0.0544. The maximum Gasteiger partial charge on any atom is 0.232 e. The third-order valence-corrected chi connectivity index (χ3v) is 7.65. The molecule has 0 unspecified atom stereocenters.